The number of nitrogens with one attached hydrogen (secondary N) is 1. The topological polar surface area (TPSA) is 47.6 Å². The van der Waals surface area contributed by atoms with E-state index in [1.54, 1.807) is 0 Å². The quantitative estimate of drug-likeness (QED) is 0.699. The van der Waals surface area contributed by atoms with Crippen molar-refractivity contribution in [2.45, 2.75) is 37.8 Å². The largest absolute Gasteiger partial charge is 0.468 e. The third-order valence-electron chi connectivity index (χ3n) is 3.11. The summed E-state index contributed by atoms with van der Waals surface area (Å²) in [6.07, 6.45) is 4.46. The Hall–Kier alpha value is -0.610. The number of esters is 1. The van der Waals surface area contributed by atoms with E-state index in [1.807, 2.05) is 0 Å². The van der Waals surface area contributed by atoms with Gasteiger partial charge in [0.05, 0.1) is 13.7 Å². The summed E-state index contributed by atoms with van der Waals surface area (Å²) >= 11 is 0. The molecule has 1 saturated heterocycles. The van der Waals surface area contributed by atoms with Crippen molar-refractivity contribution in [1.29, 1.82) is 0 Å². The molecule has 2 fully saturated rings. The molecule has 0 aromatic heterocycles. The number of hydrogen-bond donors (Lipinski definition) is 1. The summed E-state index contributed by atoms with van der Waals surface area (Å²) in [5.41, 5.74) is 0. The van der Waals surface area contributed by atoms with Gasteiger partial charge < -0.3 is 14.8 Å². The zero-order valence-corrected chi connectivity index (χ0v) is 9.20. The molecule has 15 heavy (non-hydrogen) atoms. The smallest absolute Gasteiger partial charge is 0.323 e. The lowest BCUT2D eigenvalue weighted by Gasteiger charge is -2.29. The van der Waals surface area contributed by atoms with Gasteiger partial charge in [0.2, 0.25) is 0 Å². The molecule has 1 aliphatic carbocycles. The summed E-state index contributed by atoms with van der Waals surface area (Å²) in [7, 11) is 1.45. The molecule has 4 heteroatoms. The van der Waals surface area contributed by atoms with Gasteiger partial charge in [-0.2, -0.15) is 0 Å². The minimum atomic E-state index is -0.164. The number of methoxy groups -OCH3 is 1. The number of ether oxygens (including phenoxy) is 2. The van der Waals surface area contributed by atoms with E-state index in [1.165, 1.54) is 20.0 Å². The highest BCUT2D eigenvalue weighted by atomic mass is 16.5. The van der Waals surface area contributed by atoms with Crippen LogP contribution < -0.4 is 5.32 Å². The number of hydrogen-bond acceptors (Lipinski definition) is 4. The molecule has 0 aromatic carbocycles. The van der Waals surface area contributed by atoms with Gasteiger partial charge in [0.25, 0.3) is 0 Å². The molecule has 1 saturated carbocycles. The molecule has 0 aromatic rings. The molecule has 0 spiro atoms. The predicted octanol–water partition coefficient (Wildman–Crippen LogP) is 0.707. The second-order valence-corrected chi connectivity index (χ2v) is 4.42. The average Bonchev–Trinajstić information content (AvgIpc) is 3.10. The molecule has 0 amide bonds. The minimum Gasteiger partial charge on any atom is -0.468 e. The Labute approximate surface area is 90.3 Å². The lowest BCUT2D eigenvalue weighted by Crippen LogP contribution is -2.47. The second kappa shape index (κ2) is 4.94. The highest BCUT2D eigenvalue weighted by molar-refractivity contribution is 5.76. The predicted molar refractivity (Wildman–Crippen MR) is 55.5 cm³/mol. The standard InChI is InChI=1S/C11H19NO3/c1-14-11(13)10(12-9-4-5-9)8-3-2-6-15-7-8/h8-10,12H,2-7H2,1H3. The first-order valence-electron chi connectivity index (χ1n) is 5.73. The van der Waals surface area contributed by atoms with Crippen LogP contribution in [0.5, 0.6) is 0 Å². The lowest BCUT2D eigenvalue weighted by atomic mass is 9.93. The van der Waals surface area contributed by atoms with Crippen molar-refractivity contribution in [2.24, 2.45) is 5.92 Å². The van der Waals surface area contributed by atoms with Gasteiger partial charge in [-0.3, -0.25) is 4.79 Å². The molecule has 4 nitrogen and oxygen atoms in total. The Balaban J connectivity index is 1.92. The fraction of sp³-hybridized carbons (Fsp3) is 0.909. The van der Waals surface area contributed by atoms with Crippen LogP contribution in [0.1, 0.15) is 25.7 Å². The molecular weight excluding hydrogens is 194 g/mol. The van der Waals surface area contributed by atoms with Crippen molar-refractivity contribution in [3.8, 4) is 0 Å². The molecule has 2 aliphatic rings. The van der Waals surface area contributed by atoms with Crippen molar-refractivity contribution in [1.82, 2.24) is 5.32 Å². The zero-order valence-electron chi connectivity index (χ0n) is 9.20. The summed E-state index contributed by atoms with van der Waals surface area (Å²) in [6.45, 7) is 1.51. The van der Waals surface area contributed by atoms with Crippen LogP contribution in [0.25, 0.3) is 0 Å². The van der Waals surface area contributed by atoms with Crippen LogP contribution >= 0.6 is 0 Å². The Morgan fingerprint density at radius 2 is 2.27 bits per heavy atom. The lowest BCUT2D eigenvalue weighted by molar-refractivity contribution is -0.146. The van der Waals surface area contributed by atoms with Crippen LogP contribution in [-0.4, -0.2) is 38.4 Å². The fourth-order valence-corrected chi connectivity index (χ4v) is 2.06. The maximum Gasteiger partial charge on any atom is 0.323 e. The highest BCUT2D eigenvalue weighted by Gasteiger charge is 2.35. The molecule has 0 bridgehead atoms. The monoisotopic (exact) mass is 213 g/mol. The second-order valence-electron chi connectivity index (χ2n) is 4.42. The van der Waals surface area contributed by atoms with Gasteiger partial charge in [-0.1, -0.05) is 0 Å². The van der Waals surface area contributed by atoms with E-state index in [-0.39, 0.29) is 17.9 Å². The van der Waals surface area contributed by atoms with E-state index in [0.717, 1.165) is 19.4 Å². The molecular formula is C11H19NO3. The minimum absolute atomic E-state index is 0.141. The van der Waals surface area contributed by atoms with E-state index >= 15 is 0 Å². The Kier molecular flexibility index (Phi) is 3.59. The number of carbonyl (C=O) groups excluding carboxylic acids is 1. The van der Waals surface area contributed by atoms with E-state index < -0.39 is 0 Å². The number of carbonyl (C=O) groups is 1. The molecule has 1 N–H and O–H groups in total. The Morgan fingerprint density at radius 1 is 1.47 bits per heavy atom. The van der Waals surface area contributed by atoms with Gasteiger partial charge in [0, 0.05) is 18.6 Å². The molecule has 2 rings (SSSR count). The first-order chi connectivity index (χ1) is 7.31. The van der Waals surface area contributed by atoms with Crippen LogP contribution in [0.2, 0.25) is 0 Å². The van der Waals surface area contributed by atoms with E-state index in [9.17, 15) is 4.79 Å². The van der Waals surface area contributed by atoms with Gasteiger partial charge >= 0.3 is 5.97 Å². The molecule has 2 atom stereocenters. The van der Waals surface area contributed by atoms with Gasteiger partial charge in [-0.25, -0.2) is 0 Å². The molecule has 1 heterocycles. The SMILES string of the molecule is COC(=O)C(NC1CC1)C1CCCOC1. The van der Waals surface area contributed by atoms with Gasteiger partial charge in [-0.15, -0.1) is 0 Å². The highest BCUT2D eigenvalue weighted by Crippen LogP contribution is 2.24. The summed E-state index contributed by atoms with van der Waals surface area (Å²) in [5, 5.41) is 3.36. The van der Waals surface area contributed by atoms with Gasteiger partial charge in [0.1, 0.15) is 6.04 Å². The van der Waals surface area contributed by atoms with Crippen molar-refractivity contribution < 1.29 is 14.3 Å². The molecule has 86 valence electrons. The summed E-state index contributed by atoms with van der Waals surface area (Å²) in [6, 6.07) is 0.360. The third-order valence-corrected chi connectivity index (χ3v) is 3.11. The maximum atomic E-state index is 11.6. The van der Waals surface area contributed by atoms with Crippen molar-refractivity contribution in [3.63, 3.8) is 0 Å². The molecule has 0 radical (unpaired) electrons. The normalized spacial score (nSPS) is 28.5. The van der Waals surface area contributed by atoms with E-state index in [4.69, 9.17) is 9.47 Å². The number of rotatable bonds is 4. The summed E-state index contributed by atoms with van der Waals surface area (Å²) in [4.78, 5) is 11.6. The van der Waals surface area contributed by atoms with E-state index in [0.29, 0.717) is 12.6 Å². The van der Waals surface area contributed by atoms with Gasteiger partial charge in [0.15, 0.2) is 0 Å². The fourth-order valence-electron chi connectivity index (χ4n) is 2.06. The maximum absolute atomic E-state index is 11.6. The summed E-state index contributed by atoms with van der Waals surface area (Å²) < 4.78 is 10.2. The van der Waals surface area contributed by atoms with Gasteiger partial charge in [-0.05, 0) is 25.7 Å². The zero-order chi connectivity index (χ0) is 10.7. The average molecular weight is 213 g/mol. The molecule has 2 unspecified atom stereocenters. The van der Waals surface area contributed by atoms with Crippen LogP contribution in [0.3, 0.4) is 0 Å². The third kappa shape index (κ3) is 2.92. The van der Waals surface area contributed by atoms with Crippen LogP contribution in [0, 0.1) is 5.92 Å². The first kappa shape index (κ1) is 10.9. The molecule has 1 aliphatic heterocycles. The Morgan fingerprint density at radius 3 is 2.80 bits per heavy atom. The van der Waals surface area contributed by atoms with Crippen LogP contribution in [0.4, 0.5) is 0 Å². The van der Waals surface area contributed by atoms with Crippen molar-refractivity contribution in [3.05, 3.63) is 0 Å². The van der Waals surface area contributed by atoms with Crippen molar-refractivity contribution in [2.75, 3.05) is 20.3 Å². The van der Waals surface area contributed by atoms with Crippen molar-refractivity contribution >= 4 is 5.97 Å². The van der Waals surface area contributed by atoms with Crippen LogP contribution in [-0.2, 0) is 14.3 Å². The summed E-state index contributed by atoms with van der Waals surface area (Å²) in [5.74, 6) is 0.143. The van der Waals surface area contributed by atoms with E-state index in [2.05, 4.69) is 5.32 Å². The Bertz CT molecular complexity index is 222. The van der Waals surface area contributed by atoms with Crippen LogP contribution in [0.15, 0.2) is 0 Å². The first-order valence-corrected chi connectivity index (χ1v) is 5.73.